The lowest BCUT2D eigenvalue weighted by molar-refractivity contribution is 0.631. The minimum absolute atomic E-state index is 0.106. The van der Waals surface area contributed by atoms with Crippen LogP contribution in [0.4, 0.5) is 15.8 Å². The Morgan fingerprint density at radius 3 is 2.75 bits per heavy atom. The molecule has 0 aliphatic heterocycles. The number of nitrogens with two attached hydrogens (primary N) is 1. The quantitative estimate of drug-likeness (QED) is 0.475. The third kappa shape index (κ3) is 1.59. The van der Waals surface area contributed by atoms with Crippen molar-refractivity contribution in [1.29, 1.82) is 0 Å². The van der Waals surface area contributed by atoms with E-state index in [0.29, 0.717) is 9.26 Å². The van der Waals surface area contributed by atoms with E-state index in [9.17, 15) is 4.39 Å². The summed E-state index contributed by atoms with van der Waals surface area (Å²) >= 11 is 7.58. The Balaban J connectivity index is 3.40. The molecule has 1 aromatic carbocycles. The molecule has 0 aliphatic carbocycles. The maximum Gasteiger partial charge on any atom is 0.168 e. The molecule has 0 saturated carbocycles. The Labute approximate surface area is 88.4 Å². The second-order valence-electron chi connectivity index (χ2n) is 2.20. The number of hydrogen-bond acceptors (Lipinski definition) is 2. The topological polar surface area (TPSA) is 38.0 Å². The Kier molecular flexibility index (Phi) is 3.00. The number of nitrogen functional groups attached to an aromatic ring is 1. The monoisotopic (exact) mass is 300 g/mol. The fraction of sp³-hybridized carbons (Fsp3) is 0.143. The number of anilines is 2. The second-order valence-corrected chi connectivity index (χ2v) is 3.74. The van der Waals surface area contributed by atoms with Crippen molar-refractivity contribution in [2.75, 3.05) is 18.1 Å². The van der Waals surface area contributed by atoms with Gasteiger partial charge in [-0.15, -0.1) is 0 Å². The van der Waals surface area contributed by atoms with Crippen molar-refractivity contribution in [2.24, 2.45) is 0 Å². The molecule has 12 heavy (non-hydrogen) atoms. The van der Waals surface area contributed by atoms with Crippen LogP contribution in [0.3, 0.4) is 0 Å². The zero-order chi connectivity index (χ0) is 9.30. The molecule has 0 radical (unpaired) electrons. The van der Waals surface area contributed by atoms with Gasteiger partial charge in [-0.3, -0.25) is 0 Å². The molecule has 1 aromatic rings. The lowest BCUT2D eigenvalue weighted by atomic mass is 10.2. The van der Waals surface area contributed by atoms with Crippen molar-refractivity contribution < 1.29 is 4.39 Å². The van der Waals surface area contributed by atoms with E-state index in [4.69, 9.17) is 17.3 Å². The van der Waals surface area contributed by atoms with Gasteiger partial charge in [0.15, 0.2) is 5.82 Å². The van der Waals surface area contributed by atoms with Gasteiger partial charge in [0.2, 0.25) is 0 Å². The van der Waals surface area contributed by atoms with Crippen molar-refractivity contribution in [2.45, 2.75) is 0 Å². The van der Waals surface area contributed by atoms with Crippen LogP contribution in [0.1, 0.15) is 0 Å². The summed E-state index contributed by atoms with van der Waals surface area (Å²) in [6.45, 7) is 0. The highest BCUT2D eigenvalue weighted by Gasteiger charge is 2.12. The minimum Gasteiger partial charge on any atom is -0.397 e. The molecule has 5 heteroatoms. The molecule has 0 unspecified atom stereocenters. The minimum atomic E-state index is -0.497. The summed E-state index contributed by atoms with van der Waals surface area (Å²) in [4.78, 5) is 0. The Morgan fingerprint density at radius 2 is 2.25 bits per heavy atom. The van der Waals surface area contributed by atoms with Crippen LogP contribution in [-0.4, -0.2) is 7.05 Å². The molecule has 0 fully saturated rings. The van der Waals surface area contributed by atoms with Gasteiger partial charge in [-0.25, -0.2) is 4.39 Å². The highest BCUT2D eigenvalue weighted by atomic mass is 127. The lowest BCUT2D eigenvalue weighted by Crippen LogP contribution is -2.00. The van der Waals surface area contributed by atoms with Crippen LogP contribution in [-0.2, 0) is 0 Å². The van der Waals surface area contributed by atoms with Crippen molar-refractivity contribution in [1.82, 2.24) is 0 Å². The van der Waals surface area contributed by atoms with Crippen LogP contribution < -0.4 is 11.1 Å². The highest BCUT2D eigenvalue weighted by Crippen LogP contribution is 2.32. The molecule has 0 heterocycles. The smallest absolute Gasteiger partial charge is 0.168 e. The van der Waals surface area contributed by atoms with Gasteiger partial charge in [0, 0.05) is 10.6 Å². The number of halogens is 3. The predicted octanol–water partition coefficient (Wildman–Crippen LogP) is 2.71. The largest absolute Gasteiger partial charge is 0.397 e. The van der Waals surface area contributed by atoms with Gasteiger partial charge in [-0.05, 0) is 28.7 Å². The zero-order valence-electron chi connectivity index (χ0n) is 6.29. The van der Waals surface area contributed by atoms with E-state index in [1.807, 2.05) is 22.6 Å². The molecule has 0 bridgehead atoms. The standard InChI is InChI=1S/C7H7ClFIN2/c1-12-7-4(11)2-3(10)5(8)6(7)9/h2,12H,11H2,1H3. The Morgan fingerprint density at radius 1 is 1.67 bits per heavy atom. The van der Waals surface area contributed by atoms with Gasteiger partial charge in [-0.2, -0.15) is 0 Å². The van der Waals surface area contributed by atoms with E-state index in [1.165, 1.54) is 0 Å². The van der Waals surface area contributed by atoms with Crippen molar-refractivity contribution in [3.8, 4) is 0 Å². The SMILES string of the molecule is CNc1c(N)cc(I)c(Cl)c1F. The van der Waals surface area contributed by atoms with E-state index in [1.54, 1.807) is 13.1 Å². The molecule has 0 spiro atoms. The van der Waals surface area contributed by atoms with Crippen LogP contribution in [0, 0.1) is 9.39 Å². The third-order valence-corrected chi connectivity index (χ3v) is 2.98. The number of rotatable bonds is 1. The van der Waals surface area contributed by atoms with E-state index in [-0.39, 0.29) is 10.7 Å². The van der Waals surface area contributed by atoms with Crippen LogP contribution in [0.5, 0.6) is 0 Å². The van der Waals surface area contributed by atoms with Gasteiger partial charge < -0.3 is 11.1 Å². The maximum absolute atomic E-state index is 13.2. The molecule has 1 rings (SSSR count). The first-order chi connectivity index (χ1) is 5.57. The summed E-state index contributed by atoms with van der Waals surface area (Å²) in [5, 5.41) is 2.75. The molecule has 0 amide bonds. The van der Waals surface area contributed by atoms with Gasteiger partial charge in [0.05, 0.1) is 16.4 Å². The predicted molar refractivity (Wildman–Crippen MR) is 58.1 cm³/mol. The molecule has 0 atom stereocenters. The van der Waals surface area contributed by atoms with Gasteiger partial charge in [-0.1, -0.05) is 11.6 Å². The molecule has 0 saturated heterocycles. The molecular formula is C7H7ClFIN2. The fourth-order valence-corrected chi connectivity index (χ4v) is 1.59. The molecule has 2 nitrogen and oxygen atoms in total. The fourth-order valence-electron chi connectivity index (χ4n) is 0.867. The van der Waals surface area contributed by atoms with E-state index in [2.05, 4.69) is 5.32 Å². The Hall–Kier alpha value is -0.230. The molecular weight excluding hydrogens is 293 g/mol. The number of hydrogen-bond donors (Lipinski definition) is 2. The maximum atomic E-state index is 13.2. The Bertz CT molecular complexity index is 317. The van der Waals surface area contributed by atoms with Crippen LogP contribution in [0.25, 0.3) is 0 Å². The lowest BCUT2D eigenvalue weighted by Gasteiger charge is -2.08. The van der Waals surface area contributed by atoms with Crippen LogP contribution in [0.2, 0.25) is 5.02 Å². The van der Waals surface area contributed by atoms with Crippen molar-refractivity contribution in [3.05, 3.63) is 20.5 Å². The normalized spacial score (nSPS) is 10.0. The van der Waals surface area contributed by atoms with Crippen LogP contribution >= 0.6 is 34.2 Å². The highest BCUT2D eigenvalue weighted by molar-refractivity contribution is 14.1. The second kappa shape index (κ2) is 3.66. The summed E-state index contributed by atoms with van der Waals surface area (Å²) in [7, 11) is 1.60. The van der Waals surface area contributed by atoms with Crippen molar-refractivity contribution in [3.63, 3.8) is 0 Å². The van der Waals surface area contributed by atoms with Crippen molar-refractivity contribution >= 4 is 45.6 Å². The van der Waals surface area contributed by atoms with Gasteiger partial charge >= 0.3 is 0 Å². The first-order valence-electron chi connectivity index (χ1n) is 3.18. The zero-order valence-corrected chi connectivity index (χ0v) is 9.20. The summed E-state index contributed by atoms with van der Waals surface area (Å²) in [6, 6.07) is 1.62. The van der Waals surface area contributed by atoms with Gasteiger partial charge in [0.1, 0.15) is 0 Å². The van der Waals surface area contributed by atoms with E-state index >= 15 is 0 Å². The average Bonchev–Trinajstić information content (AvgIpc) is 2.01. The number of nitrogens with one attached hydrogen (secondary N) is 1. The summed E-state index contributed by atoms with van der Waals surface area (Å²) in [6.07, 6.45) is 0. The van der Waals surface area contributed by atoms with Gasteiger partial charge in [0.25, 0.3) is 0 Å². The first kappa shape index (κ1) is 9.85. The third-order valence-electron chi connectivity index (χ3n) is 1.44. The van der Waals surface area contributed by atoms with E-state index in [0.717, 1.165) is 0 Å². The molecule has 0 aromatic heterocycles. The number of benzene rings is 1. The average molecular weight is 301 g/mol. The summed E-state index contributed by atoms with van der Waals surface area (Å²) < 4.78 is 13.9. The molecule has 0 aliphatic rings. The molecule has 66 valence electrons. The molecule has 3 N–H and O–H groups in total. The van der Waals surface area contributed by atoms with Crippen LogP contribution in [0.15, 0.2) is 6.07 Å². The first-order valence-corrected chi connectivity index (χ1v) is 4.64. The summed E-state index contributed by atoms with van der Waals surface area (Å²) in [5.41, 5.74) is 6.15. The van der Waals surface area contributed by atoms with E-state index < -0.39 is 5.82 Å². The summed E-state index contributed by atoms with van der Waals surface area (Å²) in [5.74, 6) is -0.497.